The van der Waals surface area contributed by atoms with Crippen molar-refractivity contribution in [2.45, 2.75) is 6.92 Å². The quantitative estimate of drug-likeness (QED) is 0.807. The number of alkyl carbamates (subject to hydrolysis) is 1. The average Bonchev–Trinajstić information content (AvgIpc) is 2.38. The topological polar surface area (TPSA) is 68.8 Å². The third-order valence-electron chi connectivity index (χ3n) is 2.29. The zero-order chi connectivity index (χ0) is 13.7. The molecule has 0 aliphatic carbocycles. The zero-order valence-electron chi connectivity index (χ0n) is 10.4. The smallest absolute Gasteiger partial charge is 0.413 e. The van der Waals surface area contributed by atoms with Crippen LogP contribution >= 0.6 is 12.2 Å². The van der Waals surface area contributed by atoms with Gasteiger partial charge >= 0.3 is 6.09 Å². The molecule has 6 nitrogen and oxygen atoms in total. The van der Waals surface area contributed by atoms with E-state index in [1.807, 2.05) is 0 Å². The van der Waals surface area contributed by atoms with Gasteiger partial charge in [-0.15, -0.1) is 0 Å². The van der Waals surface area contributed by atoms with Crippen LogP contribution < -0.4 is 20.1 Å². The molecule has 0 saturated carbocycles. The molecule has 0 bridgehead atoms. The molecule has 1 aliphatic heterocycles. The van der Waals surface area contributed by atoms with Crippen LogP contribution in [0.25, 0.3) is 0 Å². The fraction of sp³-hybridized carbons (Fsp3) is 0.333. The summed E-state index contributed by atoms with van der Waals surface area (Å²) < 4.78 is 15.6. The molecule has 0 saturated heterocycles. The summed E-state index contributed by atoms with van der Waals surface area (Å²) >= 11 is 4.99. The second-order valence-electron chi connectivity index (χ2n) is 3.66. The standard InChI is InChI=1S/C12H14N2O4S/c1-2-16-12(15)14-11(19)13-8-3-4-9-10(7-8)18-6-5-17-9/h3-4,7H,2,5-6H2,1H3,(H2,13,14,15,19). The first kappa shape index (κ1) is 13.4. The van der Waals surface area contributed by atoms with Crippen LogP contribution in [0.3, 0.4) is 0 Å². The molecule has 2 N–H and O–H groups in total. The normalized spacial score (nSPS) is 12.5. The Morgan fingerprint density at radius 3 is 2.84 bits per heavy atom. The number of hydrogen-bond donors (Lipinski definition) is 2. The molecule has 1 aromatic carbocycles. The van der Waals surface area contributed by atoms with Gasteiger partial charge in [-0.05, 0) is 31.3 Å². The van der Waals surface area contributed by atoms with E-state index in [0.717, 1.165) is 0 Å². The number of anilines is 1. The molecule has 7 heteroatoms. The Labute approximate surface area is 116 Å². The minimum Gasteiger partial charge on any atom is -0.486 e. The van der Waals surface area contributed by atoms with Crippen molar-refractivity contribution in [3.8, 4) is 11.5 Å². The molecular formula is C12H14N2O4S. The molecule has 102 valence electrons. The van der Waals surface area contributed by atoms with Crippen molar-refractivity contribution < 1.29 is 19.0 Å². The van der Waals surface area contributed by atoms with Crippen molar-refractivity contribution in [2.24, 2.45) is 0 Å². The minimum absolute atomic E-state index is 0.162. The highest BCUT2D eigenvalue weighted by Crippen LogP contribution is 2.32. The van der Waals surface area contributed by atoms with Crippen LogP contribution in [-0.2, 0) is 4.74 Å². The van der Waals surface area contributed by atoms with Gasteiger partial charge in [0.05, 0.1) is 6.61 Å². The van der Waals surface area contributed by atoms with E-state index in [0.29, 0.717) is 37.0 Å². The number of hydrogen-bond acceptors (Lipinski definition) is 5. The summed E-state index contributed by atoms with van der Waals surface area (Å²) in [5.74, 6) is 1.34. The Balaban J connectivity index is 1.95. The maximum Gasteiger partial charge on any atom is 0.413 e. The number of amides is 1. The van der Waals surface area contributed by atoms with Crippen molar-refractivity contribution in [1.29, 1.82) is 0 Å². The van der Waals surface area contributed by atoms with E-state index in [2.05, 4.69) is 10.6 Å². The van der Waals surface area contributed by atoms with Crippen LogP contribution in [0.2, 0.25) is 0 Å². The number of thiocarbonyl (C=S) groups is 1. The Morgan fingerprint density at radius 2 is 2.11 bits per heavy atom. The molecule has 2 rings (SSSR count). The Morgan fingerprint density at radius 1 is 1.37 bits per heavy atom. The fourth-order valence-corrected chi connectivity index (χ4v) is 1.74. The largest absolute Gasteiger partial charge is 0.486 e. The van der Waals surface area contributed by atoms with Crippen molar-refractivity contribution >= 4 is 29.1 Å². The van der Waals surface area contributed by atoms with Gasteiger partial charge in [-0.1, -0.05) is 0 Å². The molecule has 0 fully saturated rings. The summed E-state index contributed by atoms with van der Waals surface area (Å²) in [6.45, 7) is 3.07. The van der Waals surface area contributed by atoms with Crippen LogP contribution in [0.1, 0.15) is 6.92 Å². The second-order valence-corrected chi connectivity index (χ2v) is 4.07. The number of fused-ring (bicyclic) bond motifs is 1. The van der Waals surface area contributed by atoms with Gasteiger partial charge in [0.2, 0.25) is 0 Å². The predicted octanol–water partition coefficient (Wildman–Crippen LogP) is 1.90. The van der Waals surface area contributed by atoms with Gasteiger partial charge in [-0.2, -0.15) is 0 Å². The summed E-state index contributed by atoms with van der Waals surface area (Å²) in [4.78, 5) is 11.2. The van der Waals surface area contributed by atoms with E-state index in [1.165, 1.54) is 0 Å². The van der Waals surface area contributed by atoms with E-state index in [1.54, 1.807) is 25.1 Å². The summed E-state index contributed by atoms with van der Waals surface area (Å²) in [5, 5.41) is 5.42. The number of benzene rings is 1. The highest BCUT2D eigenvalue weighted by molar-refractivity contribution is 7.80. The van der Waals surface area contributed by atoms with Gasteiger partial charge in [0.25, 0.3) is 0 Å². The summed E-state index contributed by atoms with van der Waals surface area (Å²) in [6.07, 6.45) is -0.586. The number of carbonyl (C=O) groups excluding carboxylic acids is 1. The lowest BCUT2D eigenvalue weighted by Crippen LogP contribution is -2.34. The Bertz CT molecular complexity index is 493. The van der Waals surface area contributed by atoms with Gasteiger partial charge < -0.3 is 19.5 Å². The van der Waals surface area contributed by atoms with Crippen molar-refractivity contribution in [3.63, 3.8) is 0 Å². The molecule has 1 aliphatic rings. The number of nitrogens with one attached hydrogen (secondary N) is 2. The molecule has 0 unspecified atom stereocenters. The monoisotopic (exact) mass is 282 g/mol. The van der Waals surface area contributed by atoms with Crippen LogP contribution in [0.5, 0.6) is 11.5 Å². The van der Waals surface area contributed by atoms with Gasteiger partial charge in [0.1, 0.15) is 13.2 Å². The first-order valence-electron chi connectivity index (χ1n) is 5.83. The minimum atomic E-state index is -0.586. The second kappa shape index (κ2) is 6.24. The maximum atomic E-state index is 11.2. The van der Waals surface area contributed by atoms with E-state index in [-0.39, 0.29) is 5.11 Å². The lowest BCUT2D eigenvalue weighted by Gasteiger charge is -2.19. The van der Waals surface area contributed by atoms with Crippen LogP contribution in [0.4, 0.5) is 10.5 Å². The molecule has 1 amide bonds. The molecule has 19 heavy (non-hydrogen) atoms. The number of rotatable bonds is 2. The molecule has 0 spiro atoms. The third kappa shape index (κ3) is 3.72. The van der Waals surface area contributed by atoms with Crippen molar-refractivity contribution in [3.05, 3.63) is 18.2 Å². The lowest BCUT2D eigenvalue weighted by atomic mass is 10.2. The van der Waals surface area contributed by atoms with Crippen LogP contribution in [0.15, 0.2) is 18.2 Å². The molecule has 0 radical (unpaired) electrons. The van der Waals surface area contributed by atoms with Crippen molar-refractivity contribution in [1.82, 2.24) is 5.32 Å². The van der Waals surface area contributed by atoms with E-state index in [9.17, 15) is 4.79 Å². The molecule has 0 aromatic heterocycles. The van der Waals surface area contributed by atoms with Crippen LogP contribution in [0, 0.1) is 0 Å². The van der Waals surface area contributed by atoms with Gasteiger partial charge in [0, 0.05) is 11.8 Å². The molecule has 1 heterocycles. The van der Waals surface area contributed by atoms with Gasteiger partial charge in [0.15, 0.2) is 16.6 Å². The van der Waals surface area contributed by atoms with E-state index >= 15 is 0 Å². The summed E-state index contributed by atoms with van der Waals surface area (Å²) in [7, 11) is 0. The maximum absolute atomic E-state index is 11.2. The Kier molecular flexibility index (Phi) is 4.40. The van der Waals surface area contributed by atoms with Crippen LogP contribution in [-0.4, -0.2) is 31.0 Å². The highest BCUT2D eigenvalue weighted by atomic mass is 32.1. The lowest BCUT2D eigenvalue weighted by molar-refractivity contribution is 0.158. The fourth-order valence-electron chi connectivity index (χ4n) is 1.54. The van der Waals surface area contributed by atoms with Gasteiger partial charge in [-0.25, -0.2) is 4.79 Å². The number of carbonyl (C=O) groups is 1. The predicted molar refractivity (Wildman–Crippen MR) is 73.8 cm³/mol. The Hall–Kier alpha value is -2.02. The third-order valence-corrected chi connectivity index (χ3v) is 2.50. The summed E-state index contributed by atoms with van der Waals surface area (Å²) in [6, 6.07) is 5.32. The zero-order valence-corrected chi connectivity index (χ0v) is 11.2. The van der Waals surface area contributed by atoms with Crippen molar-refractivity contribution in [2.75, 3.05) is 25.1 Å². The first-order valence-corrected chi connectivity index (χ1v) is 6.24. The molecule has 0 atom stereocenters. The molecule has 1 aromatic rings. The highest BCUT2D eigenvalue weighted by Gasteiger charge is 2.12. The van der Waals surface area contributed by atoms with E-state index in [4.69, 9.17) is 26.4 Å². The summed E-state index contributed by atoms with van der Waals surface area (Å²) in [5.41, 5.74) is 0.700. The van der Waals surface area contributed by atoms with E-state index < -0.39 is 6.09 Å². The van der Waals surface area contributed by atoms with Gasteiger partial charge in [-0.3, -0.25) is 5.32 Å². The number of ether oxygens (including phenoxy) is 3. The molecular weight excluding hydrogens is 268 g/mol. The first-order chi connectivity index (χ1) is 9.19. The average molecular weight is 282 g/mol. The SMILES string of the molecule is CCOC(=O)NC(=S)Nc1ccc2c(c1)OCCO2.